The Kier molecular flexibility index (Phi) is 4.49. The van der Waals surface area contributed by atoms with Crippen LogP contribution in [-0.2, 0) is 11.8 Å². The van der Waals surface area contributed by atoms with Crippen molar-refractivity contribution in [2.45, 2.75) is 6.92 Å². The van der Waals surface area contributed by atoms with Crippen LogP contribution in [-0.4, -0.2) is 22.1 Å². The summed E-state index contributed by atoms with van der Waals surface area (Å²) in [4.78, 5) is 25.2. The van der Waals surface area contributed by atoms with Gasteiger partial charge in [-0.3, -0.25) is 14.3 Å². The number of hydrogen-bond donors (Lipinski definition) is 1. The predicted octanol–water partition coefficient (Wildman–Crippen LogP) is 2.87. The van der Waals surface area contributed by atoms with Crippen LogP contribution in [0.5, 0.6) is 11.5 Å². The molecule has 142 valence electrons. The first-order valence-corrected chi connectivity index (χ1v) is 8.77. The first-order chi connectivity index (χ1) is 13.5. The number of nitrogens with zero attached hydrogens (tertiary/aromatic N) is 2. The number of anilines is 1. The lowest BCUT2D eigenvalue weighted by Gasteiger charge is -2.07. The highest BCUT2D eigenvalue weighted by Crippen LogP contribution is 2.32. The van der Waals surface area contributed by atoms with E-state index in [1.165, 1.54) is 10.8 Å². The quantitative estimate of drug-likeness (QED) is 0.710. The van der Waals surface area contributed by atoms with Crippen LogP contribution in [0.1, 0.15) is 11.3 Å². The van der Waals surface area contributed by atoms with E-state index in [0.29, 0.717) is 17.2 Å². The van der Waals surface area contributed by atoms with Gasteiger partial charge in [0.15, 0.2) is 11.5 Å². The fraction of sp³-hybridized carbons (Fsp3) is 0.143. The molecule has 1 aromatic heterocycles. The zero-order valence-corrected chi connectivity index (χ0v) is 15.5. The molecule has 7 heteroatoms. The average molecular weight is 377 g/mol. The normalized spacial score (nSPS) is 12.5. The highest BCUT2D eigenvalue weighted by Gasteiger charge is 2.17. The first-order valence-electron chi connectivity index (χ1n) is 8.77. The molecule has 7 nitrogen and oxygen atoms in total. The minimum absolute atomic E-state index is 0.198. The molecule has 0 radical (unpaired) electrons. The number of rotatable bonds is 4. The van der Waals surface area contributed by atoms with Gasteiger partial charge in [-0.15, -0.1) is 0 Å². The predicted molar refractivity (Wildman–Crippen MR) is 106 cm³/mol. The molecular weight excluding hydrogens is 358 g/mol. The highest BCUT2D eigenvalue weighted by molar-refractivity contribution is 6.02. The van der Waals surface area contributed by atoms with E-state index in [9.17, 15) is 9.59 Å². The van der Waals surface area contributed by atoms with Crippen molar-refractivity contribution in [2.24, 2.45) is 7.05 Å². The largest absolute Gasteiger partial charge is 0.454 e. The molecule has 28 heavy (non-hydrogen) atoms. The van der Waals surface area contributed by atoms with Crippen LogP contribution in [0.4, 0.5) is 5.69 Å². The molecule has 0 unspecified atom stereocenters. The third kappa shape index (κ3) is 3.18. The van der Waals surface area contributed by atoms with E-state index >= 15 is 0 Å². The Balaban J connectivity index is 1.56. The number of amides is 1. The molecule has 0 bridgehead atoms. The zero-order chi connectivity index (χ0) is 19.7. The van der Waals surface area contributed by atoms with Gasteiger partial charge in [-0.1, -0.05) is 24.3 Å². The van der Waals surface area contributed by atoms with Crippen molar-refractivity contribution in [3.05, 3.63) is 76.2 Å². The van der Waals surface area contributed by atoms with Gasteiger partial charge >= 0.3 is 0 Å². The highest BCUT2D eigenvalue weighted by atomic mass is 16.7. The fourth-order valence-electron chi connectivity index (χ4n) is 3.07. The summed E-state index contributed by atoms with van der Waals surface area (Å²) in [7, 11) is 1.78. The van der Waals surface area contributed by atoms with Crippen LogP contribution >= 0.6 is 0 Å². The number of fused-ring (bicyclic) bond motifs is 1. The van der Waals surface area contributed by atoms with Gasteiger partial charge in [0.05, 0.1) is 11.4 Å². The van der Waals surface area contributed by atoms with Crippen molar-refractivity contribution in [1.29, 1.82) is 0 Å². The van der Waals surface area contributed by atoms with Gasteiger partial charge in [-0.2, -0.15) is 0 Å². The Morgan fingerprint density at radius 3 is 2.64 bits per heavy atom. The van der Waals surface area contributed by atoms with Gasteiger partial charge < -0.3 is 14.8 Å². The van der Waals surface area contributed by atoms with Gasteiger partial charge in [-0.25, -0.2) is 4.68 Å². The second-order valence-corrected chi connectivity index (χ2v) is 6.37. The molecule has 2 heterocycles. The SMILES string of the molecule is Cc1c(NC(=O)/C=C/c2ccc3c(c2)OCO3)c(=O)n(-c2ccccc2)n1C. The summed E-state index contributed by atoms with van der Waals surface area (Å²) >= 11 is 0. The lowest BCUT2D eigenvalue weighted by atomic mass is 10.2. The van der Waals surface area contributed by atoms with E-state index < -0.39 is 0 Å². The third-order valence-electron chi connectivity index (χ3n) is 4.63. The van der Waals surface area contributed by atoms with Crippen molar-refractivity contribution in [2.75, 3.05) is 12.1 Å². The lowest BCUT2D eigenvalue weighted by molar-refractivity contribution is -0.111. The van der Waals surface area contributed by atoms with Crippen molar-refractivity contribution >= 4 is 17.7 Å². The third-order valence-corrected chi connectivity index (χ3v) is 4.63. The number of nitrogens with one attached hydrogen (secondary N) is 1. The van der Waals surface area contributed by atoms with Crippen LogP contribution in [0.15, 0.2) is 59.4 Å². The molecule has 0 aliphatic carbocycles. The minimum atomic E-state index is -0.385. The Labute approximate surface area is 161 Å². The topological polar surface area (TPSA) is 74.5 Å². The molecule has 3 aromatic rings. The number of carbonyl (C=O) groups is 1. The molecule has 0 saturated carbocycles. The van der Waals surface area contributed by atoms with Crippen molar-refractivity contribution < 1.29 is 14.3 Å². The molecule has 1 amide bonds. The van der Waals surface area contributed by atoms with Crippen LogP contribution in [0.25, 0.3) is 11.8 Å². The summed E-state index contributed by atoms with van der Waals surface area (Å²) in [5, 5.41) is 2.70. The monoisotopic (exact) mass is 377 g/mol. The average Bonchev–Trinajstić information content (AvgIpc) is 3.25. The number of benzene rings is 2. The number of aromatic nitrogens is 2. The maximum atomic E-state index is 12.8. The van der Waals surface area contributed by atoms with Crippen LogP contribution in [0.2, 0.25) is 0 Å². The van der Waals surface area contributed by atoms with Crippen molar-refractivity contribution in [3.63, 3.8) is 0 Å². The second kappa shape index (κ2) is 7.11. The molecule has 0 spiro atoms. The summed E-state index contributed by atoms with van der Waals surface area (Å²) in [5.41, 5.74) is 2.17. The van der Waals surface area contributed by atoms with E-state index in [4.69, 9.17) is 9.47 Å². The molecular formula is C21H19N3O4. The van der Waals surface area contributed by atoms with E-state index in [1.807, 2.05) is 36.4 Å². The Hall–Kier alpha value is -3.74. The molecule has 1 aliphatic rings. The van der Waals surface area contributed by atoms with E-state index in [2.05, 4.69) is 5.32 Å². The summed E-state index contributed by atoms with van der Waals surface area (Å²) in [5.74, 6) is 0.943. The lowest BCUT2D eigenvalue weighted by Crippen LogP contribution is -2.22. The van der Waals surface area contributed by atoms with Gasteiger partial charge in [0.2, 0.25) is 12.7 Å². The van der Waals surface area contributed by atoms with Gasteiger partial charge in [-0.05, 0) is 42.8 Å². The van der Waals surface area contributed by atoms with Crippen LogP contribution < -0.4 is 20.3 Å². The number of ether oxygens (including phenoxy) is 2. The smallest absolute Gasteiger partial charge is 0.295 e. The van der Waals surface area contributed by atoms with Gasteiger partial charge in [0, 0.05) is 13.1 Å². The molecule has 0 saturated heterocycles. The molecule has 0 fully saturated rings. The molecule has 1 aliphatic heterocycles. The maximum absolute atomic E-state index is 12.8. The molecule has 0 atom stereocenters. The fourth-order valence-corrected chi connectivity index (χ4v) is 3.07. The van der Waals surface area contributed by atoms with Crippen molar-refractivity contribution in [1.82, 2.24) is 9.36 Å². The summed E-state index contributed by atoms with van der Waals surface area (Å²) < 4.78 is 13.8. The number of carbonyl (C=O) groups excluding carboxylic acids is 1. The zero-order valence-electron chi connectivity index (χ0n) is 15.5. The van der Waals surface area contributed by atoms with E-state index in [0.717, 1.165) is 11.3 Å². The standard InChI is InChI=1S/C21H19N3O4/c1-14-20(21(26)24(23(14)2)16-6-4-3-5-7-16)22-19(25)11-9-15-8-10-17-18(12-15)28-13-27-17/h3-12H,13H2,1-2H3,(H,22,25)/b11-9+. The van der Waals surface area contributed by atoms with E-state index in [-0.39, 0.29) is 23.9 Å². The molecule has 1 N–H and O–H groups in total. The van der Waals surface area contributed by atoms with Gasteiger partial charge in [0.1, 0.15) is 5.69 Å². The number of hydrogen-bond acceptors (Lipinski definition) is 4. The molecule has 2 aromatic carbocycles. The second-order valence-electron chi connectivity index (χ2n) is 6.37. The van der Waals surface area contributed by atoms with Crippen molar-refractivity contribution in [3.8, 4) is 17.2 Å². The Morgan fingerprint density at radius 1 is 1.11 bits per heavy atom. The molecule has 4 rings (SSSR count). The summed E-state index contributed by atoms with van der Waals surface area (Å²) in [6.45, 7) is 1.99. The Bertz CT molecular complexity index is 1130. The van der Waals surface area contributed by atoms with Gasteiger partial charge in [0.25, 0.3) is 5.56 Å². The Morgan fingerprint density at radius 2 is 1.86 bits per heavy atom. The maximum Gasteiger partial charge on any atom is 0.295 e. The summed E-state index contributed by atoms with van der Waals surface area (Å²) in [6, 6.07) is 14.7. The summed E-state index contributed by atoms with van der Waals surface area (Å²) in [6.07, 6.45) is 3.04. The van der Waals surface area contributed by atoms with E-state index in [1.54, 1.807) is 36.9 Å². The number of para-hydroxylation sites is 1. The van der Waals surface area contributed by atoms with Crippen LogP contribution in [0.3, 0.4) is 0 Å². The minimum Gasteiger partial charge on any atom is -0.454 e. The van der Waals surface area contributed by atoms with Crippen LogP contribution in [0, 0.1) is 6.92 Å². The first kappa shape index (κ1) is 17.7.